The first-order valence-electron chi connectivity index (χ1n) is 6.35. The van der Waals surface area contributed by atoms with Crippen LogP contribution in [0.15, 0.2) is 34.5 Å². The molecule has 1 heterocycles. The minimum absolute atomic E-state index is 0.111. The summed E-state index contributed by atoms with van der Waals surface area (Å²) in [7, 11) is -2.10. The Labute approximate surface area is 129 Å². The lowest BCUT2D eigenvalue weighted by Crippen LogP contribution is -2.14. The van der Waals surface area contributed by atoms with Crippen LogP contribution in [-0.4, -0.2) is 20.5 Å². The summed E-state index contributed by atoms with van der Waals surface area (Å²) < 4.78 is 32.1. The third-order valence-electron chi connectivity index (χ3n) is 2.86. The van der Waals surface area contributed by atoms with Gasteiger partial charge in [0.15, 0.2) is 5.13 Å². The number of benzene rings is 1. The summed E-state index contributed by atoms with van der Waals surface area (Å²) in [5, 5.41) is 2.24. The maximum Gasteiger partial charge on any atom is 0.263 e. The van der Waals surface area contributed by atoms with Crippen LogP contribution in [0.4, 0.5) is 5.13 Å². The van der Waals surface area contributed by atoms with Gasteiger partial charge in [0.1, 0.15) is 5.75 Å². The van der Waals surface area contributed by atoms with Crippen LogP contribution >= 0.6 is 11.3 Å². The highest BCUT2D eigenvalue weighted by Gasteiger charge is 2.20. The van der Waals surface area contributed by atoms with Crippen molar-refractivity contribution in [1.29, 1.82) is 0 Å². The monoisotopic (exact) mass is 326 g/mol. The molecule has 7 heteroatoms. The Bertz CT molecular complexity index is 713. The largest absolute Gasteiger partial charge is 0.497 e. The minimum atomic E-state index is -3.63. The molecule has 0 spiro atoms. The lowest BCUT2D eigenvalue weighted by molar-refractivity contribution is 0.414. The third kappa shape index (κ3) is 3.74. The number of thiazole rings is 1. The quantitative estimate of drug-likeness (QED) is 0.936. The predicted molar refractivity (Wildman–Crippen MR) is 84.6 cm³/mol. The van der Waals surface area contributed by atoms with E-state index in [9.17, 15) is 8.42 Å². The maximum atomic E-state index is 12.3. The SMILES string of the molecule is COc1ccc(S(=O)(=O)Nc2nc(C(C)(C)C)cs2)cc1. The number of methoxy groups -OCH3 is 1. The predicted octanol–water partition coefficient (Wildman–Crippen LogP) is 3.25. The number of nitrogens with one attached hydrogen (secondary N) is 1. The van der Waals surface area contributed by atoms with E-state index in [1.807, 2.05) is 26.2 Å². The minimum Gasteiger partial charge on any atom is -0.497 e. The van der Waals surface area contributed by atoms with Crippen molar-refractivity contribution >= 4 is 26.5 Å². The van der Waals surface area contributed by atoms with Crippen molar-refractivity contribution in [2.24, 2.45) is 0 Å². The highest BCUT2D eigenvalue weighted by atomic mass is 32.2. The Balaban J connectivity index is 2.22. The van der Waals surface area contributed by atoms with Gasteiger partial charge in [-0.25, -0.2) is 13.4 Å². The fraction of sp³-hybridized carbons (Fsp3) is 0.357. The molecule has 21 heavy (non-hydrogen) atoms. The second kappa shape index (κ2) is 5.65. The van der Waals surface area contributed by atoms with Gasteiger partial charge in [-0.2, -0.15) is 0 Å². The molecular formula is C14H18N2O3S2. The highest BCUT2D eigenvalue weighted by molar-refractivity contribution is 7.93. The molecule has 0 saturated heterocycles. The standard InChI is InChI=1S/C14H18N2O3S2/c1-14(2,3)12-9-20-13(15-12)16-21(17,18)11-7-5-10(19-4)6-8-11/h5-9H,1-4H3,(H,15,16). The molecule has 0 saturated carbocycles. The van der Waals surface area contributed by atoms with Crippen molar-refractivity contribution in [3.8, 4) is 5.75 Å². The smallest absolute Gasteiger partial charge is 0.263 e. The van der Waals surface area contributed by atoms with Crippen LogP contribution in [-0.2, 0) is 15.4 Å². The van der Waals surface area contributed by atoms with Crippen LogP contribution in [0.3, 0.4) is 0 Å². The van der Waals surface area contributed by atoms with Crippen molar-refractivity contribution in [1.82, 2.24) is 4.98 Å². The normalized spacial score (nSPS) is 12.2. The molecule has 0 fully saturated rings. The first kappa shape index (κ1) is 15.8. The molecule has 0 radical (unpaired) electrons. The number of ether oxygens (including phenoxy) is 1. The molecule has 5 nitrogen and oxygen atoms in total. The molecule has 0 atom stereocenters. The van der Waals surface area contributed by atoms with Gasteiger partial charge in [-0.15, -0.1) is 11.3 Å². The Morgan fingerprint density at radius 1 is 1.19 bits per heavy atom. The molecule has 0 aliphatic rings. The van der Waals surface area contributed by atoms with Gasteiger partial charge >= 0.3 is 0 Å². The van der Waals surface area contributed by atoms with E-state index in [0.717, 1.165) is 5.69 Å². The first-order valence-corrected chi connectivity index (χ1v) is 8.71. The van der Waals surface area contributed by atoms with Crippen LogP contribution in [0.5, 0.6) is 5.75 Å². The Morgan fingerprint density at radius 3 is 2.29 bits per heavy atom. The average molecular weight is 326 g/mol. The van der Waals surface area contributed by atoms with Crippen LogP contribution in [0.2, 0.25) is 0 Å². The topological polar surface area (TPSA) is 68.3 Å². The second-order valence-corrected chi connectivity index (χ2v) is 8.11. The van der Waals surface area contributed by atoms with Crippen molar-refractivity contribution in [3.63, 3.8) is 0 Å². The molecule has 1 aromatic carbocycles. The number of nitrogens with zero attached hydrogens (tertiary/aromatic N) is 1. The zero-order chi connectivity index (χ0) is 15.7. The number of hydrogen-bond acceptors (Lipinski definition) is 5. The zero-order valence-corrected chi connectivity index (χ0v) is 14.0. The second-order valence-electron chi connectivity index (χ2n) is 5.57. The van der Waals surface area contributed by atoms with E-state index < -0.39 is 10.0 Å². The van der Waals surface area contributed by atoms with E-state index in [1.54, 1.807) is 12.1 Å². The molecule has 0 unspecified atom stereocenters. The molecule has 0 aliphatic heterocycles. The number of rotatable bonds is 4. The van der Waals surface area contributed by atoms with Crippen LogP contribution in [0.1, 0.15) is 26.5 Å². The summed E-state index contributed by atoms with van der Waals surface area (Å²) in [6, 6.07) is 6.22. The van der Waals surface area contributed by atoms with E-state index in [-0.39, 0.29) is 10.3 Å². The molecule has 2 aromatic rings. The zero-order valence-electron chi connectivity index (χ0n) is 12.4. The van der Waals surface area contributed by atoms with E-state index in [2.05, 4.69) is 9.71 Å². The summed E-state index contributed by atoms with van der Waals surface area (Å²) in [6.07, 6.45) is 0. The average Bonchev–Trinajstić information content (AvgIpc) is 2.86. The van der Waals surface area contributed by atoms with Crippen molar-refractivity contribution in [3.05, 3.63) is 35.3 Å². The van der Waals surface area contributed by atoms with Gasteiger partial charge in [0.25, 0.3) is 10.0 Å². The van der Waals surface area contributed by atoms with E-state index in [0.29, 0.717) is 10.9 Å². The number of sulfonamides is 1. The number of aromatic nitrogens is 1. The fourth-order valence-corrected chi connectivity index (χ4v) is 3.78. The molecule has 2 rings (SSSR count). The van der Waals surface area contributed by atoms with Gasteiger partial charge in [0.05, 0.1) is 17.7 Å². The van der Waals surface area contributed by atoms with E-state index >= 15 is 0 Å². The van der Waals surface area contributed by atoms with E-state index in [4.69, 9.17) is 4.74 Å². The van der Waals surface area contributed by atoms with Crippen molar-refractivity contribution in [2.45, 2.75) is 31.1 Å². The van der Waals surface area contributed by atoms with Crippen LogP contribution < -0.4 is 9.46 Å². The third-order valence-corrected chi connectivity index (χ3v) is 5.11. The van der Waals surface area contributed by atoms with Gasteiger partial charge in [0, 0.05) is 10.8 Å². The van der Waals surface area contributed by atoms with Gasteiger partial charge < -0.3 is 4.74 Å². The summed E-state index contributed by atoms with van der Waals surface area (Å²) in [4.78, 5) is 4.51. The molecule has 0 aliphatic carbocycles. The number of hydrogen-bond donors (Lipinski definition) is 1. The van der Waals surface area contributed by atoms with Gasteiger partial charge in [-0.3, -0.25) is 4.72 Å². The lowest BCUT2D eigenvalue weighted by atomic mass is 9.93. The Morgan fingerprint density at radius 2 is 1.81 bits per heavy atom. The molecule has 1 N–H and O–H groups in total. The van der Waals surface area contributed by atoms with Crippen molar-refractivity contribution in [2.75, 3.05) is 11.8 Å². The Hall–Kier alpha value is -1.60. The van der Waals surface area contributed by atoms with Crippen molar-refractivity contribution < 1.29 is 13.2 Å². The maximum absolute atomic E-state index is 12.3. The first-order chi connectivity index (χ1) is 9.72. The van der Waals surface area contributed by atoms with Gasteiger partial charge in [0.2, 0.25) is 0 Å². The number of anilines is 1. The molecular weight excluding hydrogens is 308 g/mol. The summed E-state index contributed by atoms with van der Waals surface area (Å²) >= 11 is 1.28. The molecule has 114 valence electrons. The molecule has 0 bridgehead atoms. The molecule has 1 aromatic heterocycles. The summed E-state index contributed by atoms with van der Waals surface area (Å²) in [5.74, 6) is 0.609. The fourth-order valence-electron chi connectivity index (χ4n) is 1.59. The van der Waals surface area contributed by atoms with Crippen LogP contribution in [0, 0.1) is 0 Å². The van der Waals surface area contributed by atoms with Crippen LogP contribution in [0.25, 0.3) is 0 Å². The summed E-state index contributed by atoms with van der Waals surface area (Å²) in [6.45, 7) is 6.09. The Kier molecular flexibility index (Phi) is 4.25. The highest BCUT2D eigenvalue weighted by Crippen LogP contribution is 2.28. The van der Waals surface area contributed by atoms with E-state index in [1.165, 1.54) is 30.6 Å². The van der Waals surface area contributed by atoms with Gasteiger partial charge in [-0.1, -0.05) is 20.8 Å². The summed E-state index contributed by atoms with van der Waals surface area (Å²) in [5.41, 5.74) is 0.750. The lowest BCUT2D eigenvalue weighted by Gasteiger charge is -2.14. The van der Waals surface area contributed by atoms with Gasteiger partial charge in [-0.05, 0) is 24.3 Å². The molecule has 0 amide bonds.